The van der Waals surface area contributed by atoms with Crippen LogP contribution in [-0.2, 0) is 9.59 Å². The minimum atomic E-state index is -1.35. The second-order valence-electron chi connectivity index (χ2n) is 7.75. The number of aliphatic carboxylic acids is 2. The summed E-state index contributed by atoms with van der Waals surface area (Å²) in [5.74, 6) is -1.26. The Kier molecular flexibility index (Phi) is 10.9. The zero-order chi connectivity index (χ0) is 21.0. The van der Waals surface area contributed by atoms with Gasteiger partial charge >= 0.3 is 11.9 Å². The molecule has 1 aromatic rings. The van der Waals surface area contributed by atoms with Crippen LogP contribution in [0.5, 0.6) is 5.75 Å². The molecule has 0 bridgehead atoms. The zero-order valence-corrected chi connectivity index (χ0v) is 19.0. The van der Waals surface area contributed by atoms with E-state index in [0.29, 0.717) is 12.8 Å². The number of carboxylic acids is 2. The second-order valence-corrected chi connectivity index (χ2v) is 10.3. The Hall–Kier alpha value is -1.82. The van der Waals surface area contributed by atoms with Crippen LogP contribution in [0.2, 0.25) is 5.04 Å². The summed E-state index contributed by atoms with van der Waals surface area (Å²) in [6.07, 6.45) is 7.45. The quantitative estimate of drug-likeness (QED) is 0.426. The van der Waals surface area contributed by atoms with E-state index in [2.05, 4.69) is 13.8 Å². The molecule has 0 amide bonds. The molecule has 28 heavy (non-hydrogen) atoms. The predicted molar refractivity (Wildman–Crippen MR) is 116 cm³/mol. The maximum atomic E-state index is 12.0. The van der Waals surface area contributed by atoms with Gasteiger partial charge < -0.3 is 14.9 Å². The number of carboxylic acid groups (broad SMARTS) is 2. The van der Waals surface area contributed by atoms with Gasteiger partial charge in [-0.05, 0) is 31.4 Å². The van der Waals surface area contributed by atoms with Crippen LogP contribution in [0.15, 0.2) is 24.3 Å². The molecule has 0 spiro atoms. The van der Waals surface area contributed by atoms with Gasteiger partial charge in [0.2, 0.25) is 0 Å². The van der Waals surface area contributed by atoms with E-state index in [0.717, 1.165) is 49.5 Å². The third kappa shape index (κ3) is 8.05. The molecule has 0 radical (unpaired) electrons. The fourth-order valence-electron chi connectivity index (χ4n) is 3.70. The fraction of sp³-hybridized carbons (Fsp3) is 0.636. The van der Waals surface area contributed by atoms with Gasteiger partial charge in [0.25, 0.3) is 0 Å². The summed E-state index contributed by atoms with van der Waals surface area (Å²) in [5.41, 5.74) is 0. The highest BCUT2D eigenvalue weighted by atomic mass is 28.2. The number of ether oxygens (including phenoxy) is 1. The SMILES string of the molecule is CCCCC(CCCC)Oc1cccc([SiH2]C(CCC)(CC(=O)O)C(=O)O)c1. The van der Waals surface area contributed by atoms with E-state index in [-0.39, 0.29) is 12.5 Å². The Morgan fingerprint density at radius 2 is 1.71 bits per heavy atom. The second kappa shape index (κ2) is 12.6. The first-order valence-electron chi connectivity index (χ1n) is 10.6. The third-order valence-electron chi connectivity index (χ3n) is 5.17. The first kappa shape index (κ1) is 24.2. The van der Waals surface area contributed by atoms with E-state index in [1.165, 1.54) is 0 Å². The average Bonchev–Trinajstić information content (AvgIpc) is 2.63. The molecular weight excluding hydrogens is 372 g/mol. The zero-order valence-electron chi connectivity index (χ0n) is 17.6. The molecule has 6 heteroatoms. The van der Waals surface area contributed by atoms with Crippen LogP contribution in [0.1, 0.15) is 78.6 Å². The fourth-order valence-corrected chi connectivity index (χ4v) is 6.06. The van der Waals surface area contributed by atoms with Gasteiger partial charge in [0.05, 0.1) is 27.1 Å². The van der Waals surface area contributed by atoms with Crippen molar-refractivity contribution in [1.82, 2.24) is 0 Å². The lowest BCUT2D eigenvalue weighted by atomic mass is 9.98. The number of unbranched alkanes of at least 4 members (excludes halogenated alkanes) is 2. The van der Waals surface area contributed by atoms with E-state index in [4.69, 9.17) is 4.74 Å². The van der Waals surface area contributed by atoms with Gasteiger partial charge in [-0.1, -0.05) is 70.2 Å². The molecular formula is C22H36O5Si. The molecule has 0 saturated carbocycles. The first-order chi connectivity index (χ1) is 13.4. The van der Waals surface area contributed by atoms with Gasteiger partial charge in [-0.3, -0.25) is 9.59 Å². The van der Waals surface area contributed by atoms with Crippen molar-refractivity contribution < 1.29 is 24.5 Å². The maximum Gasteiger partial charge on any atom is 0.307 e. The van der Waals surface area contributed by atoms with E-state index >= 15 is 0 Å². The predicted octanol–water partition coefficient (Wildman–Crippen LogP) is 4.13. The molecule has 0 aliphatic carbocycles. The molecule has 1 atom stereocenters. The van der Waals surface area contributed by atoms with Crippen LogP contribution < -0.4 is 9.92 Å². The maximum absolute atomic E-state index is 12.0. The molecule has 0 saturated heterocycles. The summed E-state index contributed by atoms with van der Waals surface area (Å²) in [6, 6.07) is 7.67. The molecule has 0 aliphatic rings. The molecule has 1 rings (SSSR count). The van der Waals surface area contributed by atoms with Crippen molar-refractivity contribution in [3.8, 4) is 5.75 Å². The van der Waals surface area contributed by atoms with Gasteiger partial charge in [-0.15, -0.1) is 0 Å². The molecule has 158 valence electrons. The van der Waals surface area contributed by atoms with E-state index in [1.54, 1.807) is 0 Å². The third-order valence-corrected chi connectivity index (χ3v) is 7.61. The standard InChI is InChI=1S/C22H36O5Si/c1-4-7-10-17(11-8-5-2)27-18-12-9-13-19(15-18)28-22(14-6-3,21(25)26)16-20(23)24/h9,12-13,15,17H,4-8,10-11,14,16,28H2,1-3H3,(H,23,24)(H,25,26). The number of benzene rings is 1. The number of rotatable bonds is 15. The van der Waals surface area contributed by atoms with Crippen LogP contribution in [-0.4, -0.2) is 37.8 Å². The highest BCUT2D eigenvalue weighted by molar-refractivity contribution is 6.61. The topological polar surface area (TPSA) is 83.8 Å². The molecule has 1 unspecified atom stereocenters. The van der Waals surface area contributed by atoms with Crippen LogP contribution >= 0.6 is 0 Å². The summed E-state index contributed by atoms with van der Waals surface area (Å²) in [5, 5.41) is 18.9. The summed E-state index contributed by atoms with van der Waals surface area (Å²) >= 11 is 0. The van der Waals surface area contributed by atoms with Gasteiger partial charge in [0, 0.05) is 0 Å². The molecule has 0 aromatic heterocycles. The lowest BCUT2D eigenvalue weighted by molar-refractivity contribution is -0.147. The average molecular weight is 409 g/mol. The minimum absolute atomic E-state index is 0.177. The van der Waals surface area contributed by atoms with E-state index in [1.807, 2.05) is 31.2 Å². The first-order valence-corrected chi connectivity index (χ1v) is 12.0. The lowest BCUT2D eigenvalue weighted by Gasteiger charge is -2.27. The van der Waals surface area contributed by atoms with Gasteiger partial charge in [0.1, 0.15) is 5.75 Å². The van der Waals surface area contributed by atoms with Crippen LogP contribution in [0.3, 0.4) is 0 Å². The molecule has 1 aromatic carbocycles. The summed E-state index contributed by atoms with van der Waals surface area (Å²) < 4.78 is 6.23. The molecule has 2 N–H and O–H groups in total. The molecule has 0 aliphatic heterocycles. The molecule has 5 nitrogen and oxygen atoms in total. The van der Waals surface area contributed by atoms with Crippen molar-refractivity contribution in [1.29, 1.82) is 0 Å². The highest BCUT2D eigenvalue weighted by Gasteiger charge is 2.40. The summed E-state index contributed by atoms with van der Waals surface area (Å²) in [4.78, 5) is 23.3. The molecule has 0 heterocycles. The summed E-state index contributed by atoms with van der Waals surface area (Å²) in [7, 11) is -1.35. The van der Waals surface area contributed by atoms with Crippen molar-refractivity contribution in [2.45, 2.75) is 89.7 Å². The van der Waals surface area contributed by atoms with Crippen molar-refractivity contribution in [2.75, 3.05) is 0 Å². The summed E-state index contributed by atoms with van der Waals surface area (Å²) in [6.45, 7) is 6.25. The Morgan fingerprint density at radius 1 is 1.07 bits per heavy atom. The van der Waals surface area contributed by atoms with Crippen molar-refractivity contribution in [3.63, 3.8) is 0 Å². The van der Waals surface area contributed by atoms with Gasteiger partial charge in [-0.25, -0.2) is 0 Å². The van der Waals surface area contributed by atoms with Crippen molar-refractivity contribution in [2.24, 2.45) is 0 Å². The normalized spacial score (nSPS) is 13.7. The van der Waals surface area contributed by atoms with Crippen LogP contribution in [0, 0.1) is 0 Å². The Morgan fingerprint density at radius 3 is 2.21 bits per heavy atom. The lowest BCUT2D eigenvalue weighted by Crippen LogP contribution is -2.38. The van der Waals surface area contributed by atoms with E-state index < -0.39 is 26.5 Å². The van der Waals surface area contributed by atoms with E-state index in [9.17, 15) is 19.8 Å². The minimum Gasteiger partial charge on any atom is -0.490 e. The van der Waals surface area contributed by atoms with Crippen molar-refractivity contribution >= 4 is 26.6 Å². The Balaban J connectivity index is 2.99. The van der Waals surface area contributed by atoms with Crippen LogP contribution in [0.25, 0.3) is 0 Å². The smallest absolute Gasteiger partial charge is 0.307 e. The largest absolute Gasteiger partial charge is 0.490 e. The highest BCUT2D eigenvalue weighted by Crippen LogP contribution is 2.36. The van der Waals surface area contributed by atoms with Crippen LogP contribution in [0.4, 0.5) is 0 Å². The number of hydrogen-bond acceptors (Lipinski definition) is 3. The molecule has 0 fully saturated rings. The number of hydrogen-bond donors (Lipinski definition) is 2. The Bertz CT molecular complexity index is 611. The van der Waals surface area contributed by atoms with Gasteiger partial charge in [-0.2, -0.15) is 0 Å². The number of carbonyl (C=O) groups is 2. The van der Waals surface area contributed by atoms with Gasteiger partial charge in [0.15, 0.2) is 0 Å². The van der Waals surface area contributed by atoms with Crippen molar-refractivity contribution in [3.05, 3.63) is 24.3 Å². The Labute approximate surface area is 171 Å². The monoisotopic (exact) mass is 408 g/mol.